The first kappa shape index (κ1) is 41.4. The van der Waals surface area contributed by atoms with Crippen LogP contribution in [-0.2, 0) is 6.54 Å². The van der Waals surface area contributed by atoms with Crippen molar-refractivity contribution < 1.29 is 21.5 Å². The molecule has 0 saturated carbocycles. The van der Waals surface area contributed by atoms with E-state index >= 15 is 0 Å². The molecule has 0 atom stereocenters. The van der Waals surface area contributed by atoms with Crippen molar-refractivity contribution in [3.63, 3.8) is 0 Å². The monoisotopic (exact) mass is 866 g/mol. The number of aromatic amines is 2. The van der Waals surface area contributed by atoms with Crippen molar-refractivity contribution in [2.45, 2.75) is 77.7 Å². The van der Waals surface area contributed by atoms with E-state index in [4.69, 9.17) is 24.9 Å². The minimum absolute atomic E-state index is 0. The van der Waals surface area contributed by atoms with Crippen LogP contribution in [0.4, 0.5) is 0 Å². The normalized spacial score (nSPS) is 11.8. The van der Waals surface area contributed by atoms with Crippen molar-refractivity contribution in [2.24, 2.45) is 0 Å². The minimum atomic E-state index is 0. The van der Waals surface area contributed by atoms with Gasteiger partial charge < -0.3 is 26.9 Å². The smallest absolute Gasteiger partial charge is 0.169 e. The molecule has 61 heavy (non-hydrogen) atoms. The van der Waals surface area contributed by atoms with Crippen LogP contribution in [0.25, 0.3) is 91.3 Å². The van der Waals surface area contributed by atoms with Crippen molar-refractivity contribution in [2.75, 3.05) is 0 Å². The third-order valence-corrected chi connectivity index (χ3v) is 11.5. The third-order valence-electron chi connectivity index (χ3n) is 11.5. The molecule has 0 spiro atoms. The van der Waals surface area contributed by atoms with Crippen LogP contribution in [-0.4, -0.2) is 34.9 Å². The molecule has 2 aliphatic rings. The molecule has 9 rings (SSSR count). The first-order chi connectivity index (χ1) is 29.7. The molecular formula is C52H51BrN8. The zero-order chi connectivity index (χ0) is 40.5. The fourth-order valence-electron chi connectivity index (χ4n) is 8.40. The van der Waals surface area contributed by atoms with Crippen LogP contribution in [0.5, 0.6) is 0 Å². The maximum Gasteiger partial charge on any atom is 0.169 e. The maximum atomic E-state index is 5.41. The van der Waals surface area contributed by atoms with Gasteiger partial charge in [0.25, 0.3) is 0 Å². The summed E-state index contributed by atoms with van der Waals surface area (Å²) in [6, 6.07) is 30.9. The third kappa shape index (κ3) is 9.37. The van der Waals surface area contributed by atoms with Crippen LogP contribution in [0, 0.1) is 0 Å². The molecule has 0 fully saturated rings. The lowest BCUT2D eigenvalue weighted by Crippen LogP contribution is -3.00. The SMILES string of the molecule is CCCCCCCCCCCC[n+]1ccc(-c2c3nc(c(-c4ccccn4)c4ccc([nH]4)c(-c4ccccn4)c4nc(c(-c5ccccn5)c5ccc2[nH]5)C=C4)C=C3)cc1.[Br-]. The highest BCUT2D eigenvalue weighted by atomic mass is 79.9. The molecule has 2 aliphatic heterocycles. The van der Waals surface area contributed by atoms with Crippen molar-refractivity contribution in [1.82, 2.24) is 34.9 Å². The number of halogens is 1. The van der Waals surface area contributed by atoms with E-state index in [0.717, 1.165) is 96.3 Å². The molecule has 7 aromatic heterocycles. The molecule has 306 valence electrons. The molecule has 9 heteroatoms. The lowest BCUT2D eigenvalue weighted by molar-refractivity contribution is -0.697. The van der Waals surface area contributed by atoms with Gasteiger partial charge in [0.2, 0.25) is 0 Å². The van der Waals surface area contributed by atoms with E-state index in [0.29, 0.717) is 0 Å². The lowest BCUT2D eigenvalue weighted by Gasteiger charge is -2.06. The summed E-state index contributed by atoms with van der Waals surface area (Å²) in [7, 11) is 0. The van der Waals surface area contributed by atoms with Crippen LogP contribution < -0.4 is 21.5 Å². The first-order valence-electron chi connectivity index (χ1n) is 21.6. The predicted octanol–water partition coefficient (Wildman–Crippen LogP) is 9.72. The number of fused-ring (bicyclic) bond motifs is 8. The summed E-state index contributed by atoms with van der Waals surface area (Å²) in [6.07, 6.45) is 31.6. The van der Waals surface area contributed by atoms with Crippen molar-refractivity contribution in [1.29, 1.82) is 0 Å². The Balaban J connectivity index is 0.00000514. The van der Waals surface area contributed by atoms with Gasteiger partial charge in [-0.05, 0) is 97.0 Å². The molecule has 0 unspecified atom stereocenters. The summed E-state index contributed by atoms with van der Waals surface area (Å²) in [5.41, 5.74) is 14.3. The Morgan fingerprint density at radius 1 is 0.426 bits per heavy atom. The fraction of sp³-hybridized carbons (Fsp3) is 0.231. The number of aryl methyl sites for hydroxylation is 1. The highest BCUT2D eigenvalue weighted by molar-refractivity contribution is 5.98. The van der Waals surface area contributed by atoms with Gasteiger partial charge in [0.1, 0.15) is 6.54 Å². The maximum absolute atomic E-state index is 5.41. The second kappa shape index (κ2) is 19.8. The number of H-pyrrole nitrogens is 2. The van der Waals surface area contributed by atoms with Crippen LogP contribution in [0.3, 0.4) is 0 Å². The number of hydrogen-bond donors (Lipinski definition) is 2. The average molecular weight is 868 g/mol. The highest BCUT2D eigenvalue weighted by Gasteiger charge is 2.20. The van der Waals surface area contributed by atoms with E-state index in [9.17, 15) is 0 Å². The van der Waals surface area contributed by atoms with Gasteiger partial charge in [0.15, 0.2) is 12.4 Å². The molecule has 9 heterocycles. The van der Waals surface area contributed by atoms with Gasteiger partial charge in [-0.15, -0.1) is 0 Å². The predicted molar refractivity (Wildman–Crippen MR) is 246 cm³/mol. The molecule has 0 saturated heterocycles. The highest BCUT2D eigenvalue weighted by Crippen LogP contribution is 2.37. The van der Waals surface area contributed by atoms with Gasteiger partial charge in [0, 0.05) is 64.9 Å². The number of nitrogens with one attached hydrogen (secondary N) is 2. The van der Waals surface area contributed by atoms with E-state index in [-0.39, 0.29) is 17.0 Å². The van der Waals surface area contributed by atoms with E-state index in [1.165, 1.54) is 64.2 Å². The van der Waals surface area contributed by atoms with Crippen molar-refractivity contribution in [3.05, 3.63) is 145 Å². The largest absolute Gasteiger partial charge is 1.00 e. The second-order valence-corrected chi connectivity index (χ2v) is 15.7. The van der Waals surface area contributed by atoms with Gasteiger partial charge in [-0.25, -0.2) is 14.5 Å². The molecule has 0 amide bonds. The number of nitrogens with zero attached hydrogens (tertiary/aromatic N) is 6. The topological polar surface area (TPSA) is 99.9 Å². The summed E-state index contributed by atoms with van der Waals surface area (Å²) < 4.78 is 2.31. The Bertz CT molecular complexity index is 2750. The zero-order valence-corrected chi connectivity index (χ0v) is 36.3. The molecule has 0 radical (unpaired) electrons. The molecule has 7 aromatic rings. The fourth-order valence-corrected chi connectivity index (χ4v) is 8.40. The number of aromatic nitrogens is 8. The average Bonchev–Trinajstić information content (AvgIpc) is 4.14. The van der Waals surface area contributed by atoms with Crippen LogP contribution in [0.1, 0.15) is 93.9 Å². The van der Waals surface area contributed by atoms with Gasteiger partial charge >= 0.3 is 0 Å². The Kier molecular flexibility index (Phi) is 13.5. The number of pyridine rings is 4. The second-order valence-electron chi connectivity index (χ2n) is 15.7. The van der Waals surface area contributed by atoms with E-state index in [1.54, 1.807) is 0 Å². The molecule has 2 N–H and O–H groups in total. The van der Waals surface area contributed by atoms with Gasteiger partial charge in [-0.2, -0.15) is 0 Å². The summed E-state index contributed by atoms with van der Waals surface area (Å²) >= 11 is 0. The molecule has 8 bridgehead atoms. The molecule has 0 aliphatic carbocycles. The van der Waals surface area contributed by atoms with Gasteiger partial charge in [-0.3, -0.25) is 15.0 Å². The van der Waals surface area contributed by atoms with Gasteiger partial charge in [-0.1, -0.05) is 76.5 Å². The Morgan fingerprint density at radius 3 is 1.20 bits per heavy atom. The Labute approximate surface area is 368 Å². The van der Waals surface area contributed by atoms with Crippen LogP contribution >= 0.6 is 0 Å². The Morgan fingerprint density at radius 2 is 0.803 bits per heavy atom. The summed E-state index contributed by atoms with van der Waals surface area (Å²) in [6.45, 7) is 3.29. The molecule has 8 nitrogen and oxygen atoms in total. The van der Waals surface area contributed by atoms with Crippen LogP contribution in [0.2, 0.25) is 0 Å². The number of hydrogen-bond acceptors (Lipinski definition) is 5. The van der Waals surface area contributed by atoms with Crippen molar-refractivity contribution >= 4 is 46.4 Å². The van der Waals surface area contributed by atoms with E-state index in [1.807, 2.05) is 73.2 Å². The van der Waals surface area contributed by atoms with E-state index < -0.39 is 0 Å². The quantitative estimate of drug-likeness (QED) is 0.0790. The Hall–Kier alpha value is -6.32. The van der Waals surface area contributed by atoms with Crippen LogP contribution in [0.15, 0.2) is 122 Å². The number of unbranched alkanes of at least 4 members (excludes halogenated alkanes) is 9. The van der Waals surface area contributed by atoms with Crippen molar-refractivity contribution in [3.8, 4) is 44.9 Å². The lowest BCUT2D eigenvalue weighted by atomic mass is 10.0. The number of rotatable bonds is 15. The summed E-state index contributed by atoms with van der Waals surface area (Å²) in [5, 5.41) is 0. The summed E-state index contributed by atoms with van der Waals surface area (Å²) in [5.74, 6) is 0. The standard InChI is InChI=1S/C52H50N8.BrH/c1-2-3-4-5-6-7-8-9-10-17-34-60-35-29-37(30-36-60)49-41-21-23-43(56-41)50(38-18-11-14-31-53-38)45-25-27-47(58-45)52(40-20-13-16-33-55-40)48-28-26-46(59-48)51(39-19-12-15-32-54-39)44-24-22-42(49)57-44;/h11-16,18-33,35-36H,2-10,17,34H2,1H3,(H,56,57,58,59);1H. The van der Waals surface area contributed by atoms with Gasteiger partial charge in [0.05, 0.1) is 56.4 Å². The molecular weight excluding hydrogens is 817 g/mol. The zero-order valence-electron chi connectivity index (χ0n) is 34.7. The first-order valence-corrected chi connectivity index (χ1v) is 21.6. The molecule has 0 aromatic carbocycles. The minimum Gasteiger partial charge on any atom is -1.00 e. The van der Waals surface area contributed by atoms with E-state index in [2.05, 4.69) is 94.6 Å². The summed E-state index contributed by atoms with van der Waals surface area (Å²) in [4.78, 5) is 32.8.